The lowest BCUT2D eigenvalue weighted by Gasteiger charge is -2.29. The topological polar surface area (TPSA) is 6.48 Å². The molecule has 2 aliphatic carbocycles. The molecule has 0 heterocycles. The van der Waals surface area contributed by atoms with Crippen LogP contribution in [0, 0.1) is 0 Å². The van der Waals surface area contributed by atoms with Gasteiger partial charge in [-0.2, -0.15) is 0 Å². The van der Waals surface area contributed by atoms with E-state index in [-0.39, 0.29) is 10.8 Å². The summed E-state index contributed by atoms with van der Waals surface area (Å²) in [5.41, 5.74) is 17.5. The van der Waals surface area contributed by atoms with Gasteiger partial charge in [-0.15, -0.1) is 0 Å². The van der Waals surface area contributed by atoms with Crippen LogP contribution in [-0.4, -0.2) is 0 Å². The molecule has 0 saturated heterocycles. The standard InChI is InChI=1S/C60H46N2/c1-59(2)54-23-13-11-20-48(54)50-32-29-43(37-56(50)59)61(40-16-7-5-8-17-40)42-28-26-39-27-31-46-45-22-15-25-58(52(45)35-34-47(46)53(39)36-42)62(41-18-9-6-10-19-41)44-30-33-51-49-21-12-14-24-55(49)60(3,4)57(51)38-44/h5-38H,1-4H3. The van der Waals surface area contributed by atoms with Crippen molar-refractivity contribution in [3.8, 4) is 22.3 Å². The number of hydrogen-bond acceptors (Lipinski definition) is 2. The molecule has 2 heteroatoms. The number of nitrogens with zero attached hydrogens (tertiary/aromatic N) is 2. The van der Waals surface area contributed by atoms with Crippen LogP contribution in [0.3, 0.4) is 0 Å². The number of hydrogen-bond donors (Lipinski definition) is 0. The van der Waals surface area contributed by atoms with Gasteiger partial charge >= 0.3 is 0 Å². The molecule has 0 spiro atoms. The lowest BCUT2D eigenvalue weighted by atomic mass is 9.82. The maximum absolute atomic E-state index is 2.45. The van der Waals surface area contributed by atoms with Gasteiger partial charge in [0, 0.05) is 44.7 Å². The minimum absolute atomic E-state index is 0.0944. The zero-order valence-corrected chi connectivity index (χ0v) is 35.5. The Morgan fingerprint density at radius 2 is 0.710 bits per heavy atom. The Kier molecular flexibility index (Phi) is 7.96. The van der Waals surface area contributed by atoms with Crippen molar-refractivity contribution < 1.29 is 0 Å². The zero-order chi connectivity index (χ0) is 41.7. The number of fused-ring (bicyclic) bond motifs is 11. The van der Waals surface area contributed by atoms with Gasteiger partial charge in [-0.05, 0) is 138 Å². The Bertz CT molecular complexity index is 3410. The highest BCUT2D eigenvalue weighted by molar-refractivity contribution is 6.20. The Morgan fingerprint density at radius 3 is 1.34 bits per heavy atom. The molecule has 2 nitrogen and oxygen atoms in total. The maximum atomic E-state index is 2.45. The van der Waals surface area contributed by atoms with Gasteiger partial charge in [0.1, 0.15) is 0 Å². The van der Waals surface area contributed by atoms with Crippen LogP contribution in [-0.2, 0) is 10.8 Å². The highest BCUT2D eigenvalue weighted by Crippen LogP contribution is 2.53. The largest absolute Gasteiger partial charge is 0.310 e. The molecule has 0 radical (unpaired) electrons. The van der Waals surface area contributed by atoms with Crippen LogP contribution in [0.4, 0.5) is 34.1 Å². The quantitative estimate of drug-likeness (QED) is 0.155. The van der Waals surface area contributed by atoms with E-state index in [0.717, 1.165) is 34.1 Å². The molecule has 2 aliphatic rings. The van der Waals surface area contributed by atoms with E-state index in [4.69, 9.17) is 0 Å². The smallest absolute Gasteiger partial charge is 0.0540 e. The van der Waals surface area contributed by atoms with Crippen LogP contribution in [0.25, 0.3) is 54.6 Å². The molecule has 296 valence electrons. The fourth-order valence-electron chi connectivity index (χ4n) is 10.9. The predicted octanol–water partition coefficient (Wildman–Crippen LogP) is 16.7. The summed E-state index contributed by atoms with van der Waals surface area (Å²) in [5, 5.41) is 7.41. The van der Waals surface area contributed by atoms with Gasteiger partial charge < -0.3 is 9.80 Å². The van der Waals surface area contributed by atoms with E-state index in [1.165, 1.54) is 76.8 Å². The van der Waals surface area contributed by atoms with Gasteiger partial charge in [0.15, 0.2) is 0 Å². The first kappa shape index (κ1) is 36.4. The molecule has 0 aliphatic heterocycles. The highest BCUT2D eigenvalue weighted by Gasteiger charge is 2.37. The molecule has 0 N–H and O–H groups in total. The van der Waals surface area contributed by atoms with Crippen molar-refractivity contribution in [1.29, 1.82) is 0 Å². The Balaban J connectivity index is 1.01. The van der Waals surface area contributed by atoms with Crippen LogP contribution < -0.4 is 9.80 Å². The summed E-state index contributed by atoms with van der Waals surface area (Å²) in [6.07, 6.45) is 0. The van der Waals surface area contributed by atoms with Crippen molar-refractivity contribution in [3.05, 3.63) is 229 Å². The van der Waals surface area contributed by atoms with E-state index in [9.17, 15) is 0 Å². The van der Waals surface area contributed by atoms with Gasteiger partial charge in [0.2, 0.25) is 0 Å². The third kappa shape index (κ3) is 5.36. The van der Waals surface area contributed by atoms with E-state index in [1.54, 1.807) is 0 Å². The van der Waals surface area contributed by atoms with Gasteiger partial charge in [0.05, 0.1) is 5.69 Å². The number of anilines is 6. The molecule has 0 atom stereocenters. The molecular formula is C60H46N2. The van der Waals surface area contributed by atoms with Crippen LogP contribution in [0.5, 0.6) is 0 Å². The van der Waals surface area contributed by atoms with E-state index in [1.807, 2.05) is 0 Å². The first-order valence-corrected chi connectivity index (χ1v) is 21.8. The predicted molar refractivity (Wildman–Crippen MR) is 263 cm³/mol. The van der Waals surface area contributed by atoms with E-state index >= 15 is 0 Å². The lowest BCUT2D eigenvalue weighted by molar-refractivity contribution is 0.660. The van der Waals surface area contributed by atoms with Gasteiger partial charge in [-0.1, -0.05) is 167 Å². The molecule has 0 bridgehead atoms. The number of benzene rings is 10. The summed E-state index contributed by atoms with van der Waals surface area (Å²) < 4.78 is 0. The minimum atomic E-state index is -0.0990. The van der Waals surface area contributed by atoms with Crippen LogP contribution in [0.15, 0.2) is 206 Å². The van der Waals surface area contributed by atoms with Crippen LogP contribution >= 0.6 is 0 Å². The van der Waals surface area contributed by atoms with Crippen LogP contribution in [0.2, 0.25) is 0 Å². The van der Waals surface area contributed by atoms with E-state index in [2.05, 4.69) is 244 Å². The Morgan fingerprint density at radius 1 is 0.274 bits per heavy atom. The second-order valence-electron chi connectivity index (χ2n) is 18.1. The molecule has 0 saturated carbocycles. The molecule has 0 unspecified atom stereocenters. The summed E-state index contributed by atoms with van der Waals surface area (Å²) in [7, 11) is 0. The number of rotatable bonds is 6. The lowest BCUT2D eigenvalue weighted by Crippen LogP contribution is -2.16. The van der Waals surface area contributed by atoms with Crippen molar-refractivity contribution in [2.75, 3.05) is 9.80 Å². The Labute approximate surface area is 364 Å². The fraction of sp³-hybridized carbons (Fsp3) is 0.100. The third-order valence-corrected chi connectivity index (χ3v) is 14.0. The third-order valence-electron chi connectivity index (χ3n) is 14.0. The molecule has 0 aromatic heterocycles. The fourth-order valence-corrected chi connectivity index (χ4v) is 10.9. The van der Waals surface area contributed by atoms with E-state index < -0.39 is 0 Å². The SMILES string of the molecule is CC1(C)c2ccccc2-c2ccc(N(c3ccccc3)c3ccc4ccc5c6cccc(N(c7ccccc7)c7ccc8c(c7)C(C)(C)c7ccccc7-8)c6ccc5c4c3)cc21. The van der Waals surface area contributed by atoms with E-state index in [0.29, 0.717) is 0 Å². The molecule has 0 fully saturated rings. The number of para-hydroxylation sites is 2. The summed E-state index contributed by atoms with van der Waals surface area (Å²) in [6.45, 7) is 9.44. The zero-order valence-electron chi connectivity index (χ0n) is 35.5. The average molecular weight is 795 g/mol. The summed E-state index contributed by atoms with van der Waals surface area (Å²) in [5.74, 6) is 0. The molecule has 10 aromatic rings. The summed E-state index contributed by atoms with van der Waals surface area (Å²) in [6, 6.07) is 76.6. The van der Waals surface area contributed by atoms with Crippen molar-refractivity contribution in [1.82, 2.24) is 0 Å². The molecule has 62 heavy (non-hydrogen) atoms. The molecule has 0 amide bonds. The summed E-state index contributed by atoms with van der Waals surface area (Å²) >= 11 is 0. The monoisotopic (exact) mass is 794 g/mol. The van der Waals surface area contributed by atoms with Crippen molar-refractivity contribution in [2.45, 2.75) is 38.5 Å². The second-order valence-corrected chi connectivity index (χ2v) is 18.1. The molecule has 12 rings (SSSR count). The molecular weight excluding hydrogens is 749 g/mol. The molecule has 10 aromatic carbocycles. The second kappa shape index (κ2) is 13.5. The van der Waals surface area contributed by atoms with Crippen molar-refractivity contribution in [3.63, 3.8) is 0 Å². The van der Waals surface area contributed by atoms with Crippen LogP contribution in [0.1, 0.15) is 49.9 Å². The van der Waals surface area contributed by atoms with Crippen molar-refractivity contribution >= 4 is 66.4 Å². The highest BCUT2D eigenvalue weighted by atomic mass is 15.1. The first-order chi connectivity index (χ1) is 30.3. The van der Waals surface area contributed by atoms with Gasteiger partial charge in [-0.3, -0.25) is 0 Å². The first-order valence-electron chi connectivity index (χ1n) is 21.8. The Hall–Kier alpha value is -7.42. The summed E-state index contributed by atoms with van der Waals surface area (Å²) in [4.78, 5) is 4.87. The van der Waals surface area contributed by atoms with Gasteiger partial charge in [-0.25, -0.2) is 0 Å². The van der Waals surface area contributed by atoms with Gasteiger partial charge in [0.25, 0.3) is 0 Å². The minimum Gasteiger partial charge on any atom is -0.310 e. The maximum Gasteiger partial charge on any atom is 0.0540 e. The average Bonchev–Trinajstić information content (AvgIpc) is 3.68. The van der Waals surface area contributed by atoms with Crippen molar-refractivity contribution in [2.24, 2.45) is 0 Å². The normalized spacial score (nSPS) is 14.1.